The van der Waals surface area contributed by atoms with Gasteiger partial charge in [-0.2, -0.15) is 0 Å². The first kappa shape index (κ1) is 18.5. The van der Waals surface area contributed by atoms with E-state index in [1.54, 1.807) is 43.5 Å². The lowest BCUT2D eigenvalue weighted by molar-refractivity contribution is -0.113. The second kappa shape index (κ2) is 8.88. The zero-order valence-corrected chi connectivity index (χ0v) is 16.1. The van der Waals surface area contributed by atoms with Crippen molar-refractivity contribution in [2.24, 2.45) is 0 Å². The van der Waals surface area contributed by atoms with Gasteiger partial charge in [-0.25, -0.2) is 0 Å². The van der Waals surface area contributed by atoms with Gasteiger partial charge in [-0.1, -0.05) is 40.8 Å². The lowest BCUT2D eigenvalue weighted by atomic mass is 10.3. The van der Waals surface area contributed by atoms with Gasteiger partial charge in [-0.05, 0) is 42.5 Å². The van der Waals surface area contributed by atoms with Crippen LogP contribution in [-0.2, 0) is 4.79 Å². The normalized spacial score (nSPS) is 10.4. The second-order valence-corrected chi connectivity index (χ2v) is 7.71. The van der Waals surface area contributed by atoms with Crippen LogP contribution in [-0.4, -0.2) is 29.0 Å². The van der Waals surface area contributed by atoms with Gasteiger partial charge in [0.1, 0.15) is 5.75 Å². The minimum atomic E-state index is -0.111. The van der Waals surface area contributed by atoms with Crippen molar-refractivity contribution in [3.63, 3.8) is 0 Å². The number of hydrogen-bond acceptors (Lipinski definition) is 7. The van der Waals surface area contributed by atoms with E-state index in [1.165, 1.54) is 23.1 Å². The quantitative estimate of drug-likeness (QED) is 0.555. The van der Waals surface area contributed by atoms with Crippen LogP contribution in [0.4, 0.5) is 16.5 Å². The number of anilines is 3. The highest BCUT2D eigenvalue weighted by Crippen LogP contribution is 2.28. The zero-order chi connectivity index (χ0) is 18.4. The molecule has 0 saturated carbocycles. The Balaban J connectivity index is 1.50. The predicted octanol–water partition coefficient (Wildman–Crippen LogP) is 4.67. The third-order valence-corrected chi connectivity index (χ3v) is 5.39. The molecule has 0 radical (unpaired) electrons. The van der Waals surface area contributed by atoms with Crippen LogP contribution >= 0.6 is 34.7 Å². The first-order valence-corrected chi connectivity index (χ1v) is 9.73. The van der Waals surface area contributed by atoms with Gasteiger partial charge in [-0.3, -0.25) is 4.79 Å². The van der Waals surface area contributed by atoms with Crippen molar-refractivity contribution in [1.82, 2.24) is 10.2 Å². The Kier molecular flexibility index (Phi) is 6.32. The van der Waals surface area contributed by atoms with Gasteiger partial charge in [0.25, 0.3) is 0 Å². The number of methoxy groups -OCH3 is 1. The number of nitrogens with zero attached hydrogens (tertiary/aromatic N) is 2. The predicted molar refractivity (Wildman–Crippen MR) is 107 cm³/mol. The molecule has 1 heterocycles. The summed E-state index contributed by atoms with van der Waals surface area (Å²) in [6.07, 6.45) is 0. The number of rotatable bonds is 7. The molecule has 0 unspecified atom stereocenters. The second-order valence-electron chi connectivity index (χ2n) is 5.07. The average molecular weight is 407 g/mol. The summed E-state index contributed by atoms with van der Waals surface area (Å²) in [5, 5.41) is 15.4. The molecule has 2 N–H and O–H groups in total. The van der Waals surface area contributed by atoms with Crippen LogP contribution in [0.1, 0.15) is 0 Å². The van der Waals surface area contributed by atoms with E-state index in [0.29, 0.717) is 14.5 Å². The number of benzene rings is 2. The Morgan fingerprint density at radius 3 is 2.73 bits per heavy atom. The molecule has 3 aromatic rings. The van der Waals surface area contributed by atoms with Gasteiger partial charge in [0.15, 0.2) is 4.34 Å². The molecule has 26 heavy (non-hydrogen) atoms. The highest BCUT2D eigenvalue weighted by atomic mass is 35.5. The summed E-state index contributed by atoms with van der Waals surface area (Å²) in [7, 11) is 1.60. The average Bonchev–Trinajstić information content (AvgIpc) is 3.08. The van der Waals surface area contributed by atoms with E-state index in [4.69, 9.17) is 16.3 Å². The molecule has 0 aliphatic heterocycles. The lowest BCUT2D eigenvalue weighted by Gasteiger charge is -2.05. The summed E-state index contributed by atoms with van der Waals surface area (Å²) in [5.74, 6) is 0.878. The Labute approximate surface area is 163 Å². The van der Waals surface area contributed by atoms with Crippen LogP contribution in [0.25, 0.3) is 0 Å². The summed E-state index contributed by atoms with van der Waals surface area (Å²) in [6.45, 7) is 0. The fourth-order valence-electron chi connectivity index (χ4n) is 2.01. The fourth-order valence-corrected chi connectivity index (χ4v) is 3.77. The van der Waals surface area contributed by atoms with E-state index >= 15 is 0 Å². The number of hydrogen-bond donors (Lipinski definition) is 2. The van der Waals surface area contributed by atoms with Crippen LogP contribution < -0.4 is 15.4 Å². The maximum absolute atomic E-state index is 12.0. The Bertz CT molecular complexity index is 886. The maximum atomic E-state index is 12.0. The van der Waals surface area contributed by atoms with Crippen LogP contribution in [0.5, 0.6) is 5.75 Å². The van der Waals surface area contributed by atoms with E-state index in [1.807, 2.05) is 12.1 Å². The summed E-state index contributed by atoms with van der Waals surface area (Å²) >= 11 is 8.66. The molecule has 1 amide bonds. The van der Waals surface area contributed by atoms with Gasteiger partial charge in [0.2, 0.25) is 11.0 Å². The highest BCUT2D eigenvalue weighted by Gasteiger charge is 2.09. The molecule has 0 saturated heterocycles. The molecule has 0 aliphatic carbocycles. The number of carbonyl (C=O) groups is 1. The van der Waals surface area contributed by atoms with Crippen LogP contribution in [0.3, 0.4) is 0 Å². The summed E-state index contributed by atoms with van der Waals surface area (Å²) in [5.41, 5.74) is 1.56. The topological polar surface area (TPSA) is 76.1 Å². The number of nitrogens with one attached hydrogen (secondary N) is 2. The molecule has 0 spiro atoms. The molecule has 134 valence electrons. The third kappa shape index (κ3) is 5.35. The van der Waals surface area contributed by atoms with Crippen molar-refractivity contribution in [3.8, 4) is 5.75 Å². The van der Waals surface area contributed by atoms with Crippen molar-refractivity contribution < 1.29 is 9.53 Å². The molecule has 0 bridgehead atoms. The van der Waals surface area contributed by atoms with E-state index in [2.05, 4.69) is 20.8 Å². The van der Waals surface area contributed by atoms with Gasteiger partial charge in [0, 0.05) is 16.4 Å². The van der Waals surface area contributed by atoms with Gasteiger partial charge >= 0.3 is 0 Å². The van der Waals surface area contributed by atoms with E-state index in [0.717, 1.165) is 17.1 Å². The third-order valence-electron chi connectivity index (χ3n) is 3.18. The monoisotopic (exact) mass is 406 g/mol. The first-order valence-electron chi connectivity index (χ1n) is 7.55. The molecule has 0 fully saturated rings. The molecule has 6 nitrogen and oxygen atoms in total. The minimum Gasteiger partial charge on any atom is -0.497 e. The van der Waals surface area contributed by atoms with Crippen LogP contribution in [0.15, 0.2) is 52.9 Å². The van der Waals surface area contributed by atoms with Crippen molar-refractivity contribution in [2.75, 3.05) is 23.5 Å². The number of halogens is 1. The Morgan fingerprint density at radius 2 is 2.00 bits per heavy atom. The van der Waals surface area contributed by atoms with E-state index < -0.39 is 0 Å². The summed E-state index contributed by atoms with van der Waals surface area (Å²) in [4.78, 5) is 12.0. The number of carbonyl (C=O) groups excluding carboxylic acids is 1. The van der Waals surface area contributed by atoms with Crippen molar-refractivity contribution in [2.45, 2.75) is 4.34 Å². The molecule has 0 aliphatic rings. The van der Waals surface area contributed by atoms with Crippen LogP contribution in [0, 0.1) is 0 Å². The molecular formula is C17H15ClN4O2S2. The molecule has 2 aromatic carbocycles. The summed E-state index contributed by atoms with van der Waals surface area (Å²) < 4.78 is 5.79. The van der Waals surface area contributed by atoms with Crippen molar-refractivity contribution in [3.05, 3.63) is 53.6 Å². The van der Waals surface area contributed by atoms with Crippen molar-refractivity contribution in [1.29, 1.82) is 0 Å². The SMILES string of the molecule is COc1ccc(NC(=O)CSc2nnc(Nc3cccc(Cl)c3)s2)cc1. The van der Waals surface area contributed by atoms with Gasteiger partial charge < -0.3 is 15.4 Å². The standard InChI is InChI=1S/C17H15ClN4O2S2/c1-24-14-7-5-12(6-8-14)19-15(23)10-25-17-22-21-16(26-17)20-13-4-2-3-11(18)9-13/h2-9H,10H2,1H3,(H,19,23)(H,20,21). The smallest absolute Gasteiger partial charge is 0.234 e. The maximum Gasteiger partial charge on any atom is 0.234 e. The van der Waals surface area contributed by atoms with Gasteiger partial charge in [-0.15, -0.1) is 10.2 Å². The summed E-state index contributed by atoms with van der Waals surface area (Å²) in [6, 6.07) is 14.5. The minimum absolute atomic E-state index is 0.111. The molecule has 1 aromatic heterocycles. The highest BCUT2D eigenvalue weighted by molar-refractivity contribution is 8.01. The largest absolute Gasteiger partial charge is 0.497 e. The van der Waals surface area contributed by atoms with Gasteiger partial charge in [0.05, 0.1) is 12.9 Å². The first-order chi connectivity index (χ1) is 12.6. The zero-order valence-electron chi connectivity index (χ0n) is 13.7. The van der Waals surface area contributed by atoms with E-state index in [9.17, 15) is 4.79 Å². The molecule has 9 heteroatoms. The fraction of sp³-hybridized carbons (Fsp3) is 0.118. The lowest BCUT2D eigenvalue weighted by Crippen LogP contribution is -2.13. The van der Waals surface area contributed by atoms with Crippen molar-refractivity contribution >= 4 is 57.1 Å². The molecular weight excluding hydrogens is 392 g/mol. The molecule has 3 rings (SSSR count). The Morgan fingerprint density at radius 1 is 1.19 bits per heavy atom. The number of thioether (sulfide) groups is 1. The van der Waals surface area contributed by atoms with E-state index in [-0.39, 0.29) is 11.7 Å². The number of ether oxygens (including phenoxy) is 1. The molecule has 0 atom stereocenters. The number of amides is 1. The number of aromatic nitrogens is 2. The Hall–Kier alpha value is -2.29. The van der Waals surface area contributed by atoms with Crippen LogP contribution in [0.2, 0.25) is 5.02 Å².